The summed E-state index contributed by atoms with van der Waals surface area (Å²) in [4.78, 5) is 13.2. The number of benzene rings is 1. The molecule has 0 aromatic heterocycles. The van der Waals surface area contributed by atoms with Crippen LogP contribution in [-0.2, 0) is 4.79 Å². The molecule has 0 saturated carbocycles. The molecule has 0 bridgehead atoms. The Hall–Kier alpha value is -1.52. The maximum absolute atomic E-state index is 13.2. The van der Waals surface area contributed by atoms with Crippen LogP contribution in [0.5, 0.6) is 0 Å². The van der Waals surface area contributed by atoms with Crippen molar-refractivity contribution in [1.82, 2.24) is 5.32 Å². The van der Waals surface area contributed by atoms with Crippen LogP contribution in [-0.4, -0.2) is 22.9 Å². The molecule has 32 heavy (non-hydrogen) atoms. The van der Waals surface area contributed by atoms with Crippen LogP contribution in [0, 0.1) is 5.92 Å². The van der Waals surface area contributed by atoms with Gasteiger partial charge in [-0.1, -0.05) is 114 Å². The minimum atomic E-state index is -0.480. The van der Waals surface area contributed by atoms with Gasteiger partial charge in [0, 0.05) is 11.6 Å². The molecule has 3 nitrogen and oxygen atoms in total. The Bertz CT molecular complexity index is 728. The molecule has 2 N–H and O–H groups in total. The summed E-state index contributed by atoms with van der Waals surface area (Å²) in [7, 11) is 0. The second-order valence-corrected chi connectivity index (χ2v) is 10.3. The largest absolute Gasteiger partial charge is 0.388 e. The zero-order valence-corrected chi connectivity index (χ0v) is 21.1. The van der Waals surface area contributed by atoms with E-state index in [-0.39, 0.29) is 17.1 Å². The predicted octanol–water partition coefficient (Wildman–Crippen LogP) is 7.34. The van der Waals surface area contributed by atoms with Crippen molar-refractivity contribution in [3.05, 3.63) is 59.3 Å². The number of amides is 1. The normalized spacial score (nSPS) is 19.2. The lowest BCUT2D eigenvalue weighted by Crippen LogP contribution is -2.31. The van der Waals surface area contributed by atoms with E-state index in [4.69, 9.17) is 0 Å². The quantitative estimate of drug-likeness (QED) is 0.271. The Morgan fingerprint density at radius 2 is 1.56 bits per heavy atom. The third kappa shape index (κ3) is 9.54. The molecule has 3 atom stereocenters. The lowest BCUT2D eigenvalue weighted by Gasteiger charge is -2.24. The molecule has 0 radical (unpaired) electrons. The summed E-state index contributed by atoms with van der Waals surface area (Å²) in [5.74, 6) is 1.02. The van der Waals surface area contributed by atoms with E-state index in [9.17, 15) is 9.90 Å². The number of thioether (sulfide) groups is 1. The highest BCUT2D eigenvalue weighted by Crippen LogP contribution is 2.31. The smallest absolute Gasteiger partial charge is 0.241 e. The molecule has 2 unspecified atom stereocenters. The lowest BCUT2D eigenvalue weighted by molar-refractivity contribution is -0.119. The fourth-order valence-electron chi connectivity index (χ4n) is 4.07. The van der Waals surface area contributed by atoms with Crippen LogP contribution in [0.3, 0.4) is 0 Å². The van der Waals surface area contributed by atoms with E-state index in [1.807, 2.05) is 56.3 Å². The van der Waals surface area contributed by atoms with Crippen LogP contribution in [0.25, 0.3) is 0 Å². The zero-order chi connectivity index (χ0) is 23.2. The number of hydrogen-bond donors (Lipinski definition) is 2. The summed E-state index contributed by atoms with van der Waals surface area (Å²) >= 11 is 1.74. The summed E-state index contributed by atoms with van der Waals surface area (Å²) in [5.41, 5.74) is 2.80. The number of rotatable bonds is 15. The Morgan fingerprint density at radius 3 is 2.19 bits per heavy atom. The fraction of sp³-hybridized carbons (Fsp3) is 0.607. The van der Waals surface area contributed by atoms with Gasteiger partial charge in [-0.3, -0.25) is 4.79 Å². The molecular formula is C28H43NO2S. The highest BCUT2D eigenvalue weighted by Gasteiger charge is 2.24. The number of allylic oxidation sites excluding steroid dienone is 1. The molecule has 1 amide bonds. The van der Waals surface area contributed by atoms with E-state index in [1.54, 1.807) is 11.8 Å². The van der Waals surface area contributed by atoms with Crippen LogP contribution in [0.15, 0.2) is 53.8 Å². The monoisotopic (exact) mass is 457 g/mol. The first-order valence-corrected chi connectivity index (χ1v) is 13.6. The highest BCUT2D eigenvalue weighted by molar-refractivity contribution is 8.00. The molecule has 0 heterocycles. The Labute approximate surface area is 200 Å². The van der Waals surface area contributed by atoms with Crippen LogP contribution in [0.2, 0.25) is 0 Å². The molecule has 4 heteroatoms. The number of carbonyl (C=O) groups excluding carboxylic acids is 1. The molecule has 178 valence electrons. The van der Waals surface area contributed by atoms with Gasteiger partial charge in [0.1, 0.15) is 5.25 Å². The number of hydrogen-bond acceptors (Lipinski definition) is 3. The molecule has 0 fully saturated rings. The van der Waals surface area contributed by atoms with Crippen molar-refractivity contribution in [3.8, 4) is 0 Å². The van der Waals surface area contributed by atoms with Crippen molar-refractivity contribution in [3.63, 3.8) is 0 Å². The maximum atomic E-state index is 13.2. The third-order valence-electron chi connectivity index (χ3n) is 6.19. The summed E-state index contributed by atoms with van der Waals surface area (Å²) in [6.07, 6.45) is 16.6. The molecule has 1 aromatic rings. The Kier molecular flexibility index (Phi) is 12.8. The number of carbonyl (C=O) groups is 1. The average molecular weight is 458 g/mol. The lowest BCUT2D eigenvalue weighted by atomic mass is 9.93. The molecular weight excluding hydrogens is 414 g/mol. The van der Waals surface area contributed by atoms with Crippen LogP contribution >= 0.6 is 11.8 Å². The maximum Gasteiger partial charge on any atom is 0.241 e. The van der Waals surface area contributed by atoms with Crippen molar-refractivity contribution >= 4 is 17.7 Å². The molecule has 0 spiro atoms. The van der Waals surface area contributed by atoms with Crippen molar-refractivity contribution < 1.29 is 9.90 Å². The van der Waals surface area contributed by atoms with E-state index in [0.717, 1.165) is 29.0 Å². The number of aliphatic hydroxyl groups is 1. The summed E-state index contributed by atoms with van der Waals surface area (Å²) in [5, 5.41) is 12.9. The number of unbranched alkanes of at least 4 members (excludes halogenated alkanes) is 9. The standard InChI is InChI=1S/C28H43NO2S/c1-4-5-6-7-8-9-10-11-12-16-19-32-27(24-17-14-13-15-18-24)28(31)29-25-20-23(3)26(30)21-22(25)2/h13-15,17-18,20-21,23,26-27,30H,4-12,16,19H2,1-3H3,(H,29,31)/t23?,26?,27-/m0/s1. The molecule has 1 aromatic carbocycles. The van der Waals surface area contributed by atoms with Crippen LogP contribution < -0.4 is 5.32 Å². The first-order valence-electron chi connectivity index (χ1n) is 12.6. The topological polar surface area (TPSA) is 49.3 Å². The minimum absolute atomic E-state index is 0.00322. The first kappa shape index (κ1) is 26.7. The van der Waals surface area contributed by atoms with Crippen molar-refractivity contribution in [2.75, 3.05) is 5.75 Å². The van der Waals surface area contributed by atoms with E-state index >= 15 is 0 Å². The van der Waals surface area contributed by atoms with Gasteiger partial charge in [0.05, 0.1) is 6.10 Å². The van der Waals surface area contributed by atoms with E-state index in [0.29, 0.717) is 0 Å². The minimum Gasteiger partial charge on any atom is -0.388 e. The molecule has 1 aliphatic carbocycles. The van der Waals surface area contributed by atoms with Crippen LogP contribution in [0.1, 0.15) is 95.8 Å². The Balaban J connectivity index is 1.78. The van der Waals surface area contributed by atoms with Crippen LogP contribution in [0.4, 0.5) is 0 Å². The van der Waals surface area contributed by atoms with Crippen molar-refractivity contribution in [2.24, 2.45) is 5.92 Å². The van der Waals surface area contributed by atoms with Gasteiger partial charge >= 0.3 is 0 Å². The fourth-order valence-corrected chi connectivity index (χ4v) is 5.24. The van der Waals surface area contributed by atoms with E-state index < -0.39 is 6.10 Å². The van der Waals surface area contributed by atoms with Gasteiger partial charge in [-0.25, -0.2) is 0 Å². The SMILES string of the molecule is CCCCCCCCCCCCS[C@H](C(=O)NC1=CC(C)C(O)C=C1C)c1ccccc1. The van der Waals surface area contributed by atoms with Gasteiger partial charge < -0.3 is 10.4 Å². The zero-order valence-electron chi connectivity index (χ0n) is 20.3. The molecule has 0 saturated heterocycles. The van der Waals surface area contributed by atoms with E-state index in [2.05, 4.69) is 12.2 Å². The number of aliphatic hydroxyl groups excluding tert-OH is 1. The molecule has 2 rings (SSSR count). The summed E-state index contributed by atoms with van der Waals surface area (Å²) in [6.45, 7) is 6.17. The average Bonchev–Trinajstić information content (AvgIpc) is 2.79. The predicted molar refractivity (Wildman–Crippen MR) is 139 cm³/mol. The van der Waals surface area contributed by atoms with Gasteiger partial charge in [-0.2, -0.15) is 0 Å². The van der Waals surface area contributed by atoms with Gasteiger partial charge in [0.2, 0.25) is 5.91 Å². The van der Waals surface area contributed by atoms with Gasteiger partial charge in [-0.05, 0) is 30.2 Å². The van der Waals surface area contributed by atoms with E-state index in [1.165, 1.54) is 57.8 Å². The van der Waals surface area contributed by atoms with Crippen molar-refractivity contribution in [2.45, 2.75) is 96.3 Å². The van der Waals surface area contributed by atoms with Gasteiger partial charge in [-0.15, -0.1) is 11.8 Å². The third-order valence-corrected chi connectivity index (χ3v) is 7.54. The highest BCUT2D eigenvalue weighted by atomic mass is 32.2. The first-order chi connectivity index (χ1) is 15.5. The Morgan fingerprint density at radius 1 is 0.969 bits per heavy atom. The molecule has 0 aliphatic heterocycles. The van der Waals surface area contributed by atoms with Gasteiger partial charge in [0.15, 0.2) is 0 Å². The van der Waals surface area contributed by atoms with Crippen molar-refractivity contribution in [1.29, 1.82) is 0 Å². The second kappa shape index (κ2) is 15.3. The summed E-state index contributed by atoms with van der Waals surface area (Å²) < 4.78 is 0. The van der Waals surface area contributed by atoms with Gasteiger partial charge in [0.25, 0.3) is 0 Å². The number of nitrogens with one attached hydrogen (secondary N) is 1. The molecule has 1 aliphatic rings. The second-order valence-electron chi connectivity index (χ2n) is 9.11. The summed E-state index contributed by atoms with van der Waals surface area (Å²) in [6, 6.07) is 10.1.